The molecule has 0 amide bonds. The van der Waals surface area contributed by atoms with E-state index in [0.29, 0.717) is 0 Å². The van der Waals surface area contributed by atoms with Gasteiger partial charge in [-0.15, -0.1) is 0 Å². The van der Waals surface area contributed by atoms with Crippen LogP contribution in [0.15, 0.2) is 0 Å². The van der Waals surface area contributed by atoms with E-state index in [4.69, 9.17) is 4.74 Å². The van der Waals surface area contributed by atoms with Gasteiger partial charge in [0.25, 0.3) is 0 Å². The average molecular weight is 242 g/mol. The maximum atomic E-state index is 10.7. The van der Waals surface area contributed by atoms with Gasteiger partial charge in [-0.3, -0.25) is 0 Å². The van der Waals surface area contributed by atoms with Crippen LogP contribution in [0.2, 0.25) is 0 Å². The van der Waals surface area contributed by atoms with Crippen molar-refractivity contribution >= 4 is 0 Å². The van der Waals surface area contributed by atoms with Crippen molar-refractivity contribution in [3.05, 3.63) is 0 Å². The first-order valence-electron chi connectivity index (χ1n) is 7.34. The van der Waals surface area contributed by atoms with Gasteiger partial charge in [0.05, 0.1) is 11.2 Å². The molecule has 1 fully saturated rings. The number of hydrogen-bond donors (Lipinski definition) is 1. The fourth-order valence-corrected chi connectivity index (χ4v) is 2.81. The summed E-state index contributed by atoms with van der Waals surface area (Å²) in [5.41, 5.74) is -0.512. The van der Waals surface area contributed by atoms with E-state index in [9.17, 15) is 5.11 Å². The zero-order valence-electron chi connectivity index (χ0n) is 11.9. The topological polar surface area (TPSA) is 29.5 Å². The first-order chi connectivity index (χ1) is 7.97. The van der Waals surface area contributed by atoms with Crippen LogP contribution in [-0.2, 0) is 4.74 Å². The van der Waals surface area contributed by atoms with Crippen LogP contribution < -0.4 is 0 Å². The van der Waals surface area contributed by atoms with E-state index >= 15 is 0 Å². The normalized spacial score (nSPS) is 21.9. The van der Waals surface area contributed by atoms with E-state index in [1.807, 2.05) is 6.92 Å². The Bertz CT molecular complexity index is 203. The molecule has 0 atom stereocenters. The van der Waals surface area contributed by atoms with Crippen LogP contribution >= 0.6 is 0 Å². The van der Waals surface area contributed by atoms with E-state index in [2.05, 4.69) is 13.8 Å². The molecule has 0 unspecified atom stereocenters. The summed E-state index contributed by atoms with van der Waals surface area (Å²) in [5.74, 6) is 0. The molecule has 0 bridgehead atoms. The highest BCUT2D eigenvalue weighted by atomic mass is 16.5. The molecule has 1 aliphatic rings. The van der Waals surface area contributed by atoms with Crippen molar-refractivity contribution in [2.75, 3.05) is 6.61 Å². The summed E-state index contributed by atoms with van der Waals surface area (Å²) in [5, 5.41) is 10.7. The van der Waals surface area contributed by atoms with Crippen LogP contribution in [0.4, 0.5) is 0 Å². The van der Waals surface area contributed by atoms with Gasteiger partial charge < -0.3 is 9.84 Å². The standard InChI is InChI=1S/C15H30O2/c1-4-17-14(2,3)12-13-15(16)10-8-6-5-7-9-11-15/h16H,4-13H2,1-3H3. The van der Waals surface area contributed by atoms with Gasteiger partial charge in [-0.2, -0.15) is 0 Å². The second kappa shape index (κ2) is 6.75. The molecule has 1 rings (SSSR count). The highest BCUT2D eigenvalue weighted by Gasteiger charge is 2.30. The van der Waals surface area contributed by atoms with Crippen molar-refractivity contribution in [1.29, 1.82) is 0 Å². The molecule has 0 saturated heterocycles. The second-order valence-electron chi connectivity index (χ2n) is 6.18. The fraction of sp³-hybridized carbons (Fsp3) is 1.00. The van der Waals surface area contributed by atoms with E-state index in [1.54, 1.807) is 0 Å². The van der Waals surface area contributed by atoms with E-state index in [1.165, 1.54) is 32.1 Å². The Hall–Kier alpha value is -0.0800. The van der Waals surface area contributed by atoms with Crippen LogP contribution in [0.1, 0.15) is 78.6 Å². The molecule has 102 valence electrons. The van der Waals surface area contributed by atoms with Crippen LogP contribution in [-0.4, -0.2) is 22.9 Å². The molecule has 2 heteroatoms. The largest absolute Gasteiger partial charge is 0.390 e. The lowest BCUT2D eigenvalue weighted by molar-refractivity contribution is -0.0519. The Kier molecular flexibility index (Phi) is 5.94. The summed E-state index contributed by atoms with van der Waals surface area (Å²) in [6.45, 7) is 7.04. The quantitative estimate of drug-likeness (QED) is 0.788. The summed E-state index contributed by atoms with van der Waals surface area (Å²) in [4.78, 5) is 0. The highest BCUT2D eigenvalue weighted by molar-refractivity contribution is 4.83. The van der Waals surface area contributed by atoms with Crippen LogP contribution in [0, 0.1) is 0 Å². The van der Waals surface area contributed by atoms with Crippen molar-refractivity contribution in [3.63, 3.8) is 0 Å². The Balaban J connectivity index is 2.41. The fourth-order valence-electron chi connectivity index (χ4n) is 2.81. The molecular weight excluding hydrogens is 212 g/mol. The number of rotatable bonds is 5. The molecule has 1 aliphatic carbocycles. The first-order valence-corrected chi connectivity index (χ1v) is 7.34. The molecule has 0 aliphatic heterocycles. The van der Waals surface area contributed by atoms with Gasteiger partial charge in [0.1, 0.15) is 0 Å². The minimum atomic E-state index is -0.422. The molecule has 0 aromatic rings. The van der Waals surface area contributed by atoms with Gasteiger partial charge in [-0.25, -0.2) is 0 Å². The molecular formula is C15H30O2. The van der Waals surface area contributed by atoms with Gasteiger partial charge in [0.15, 0.2) is 0 Å². The maximum absolute atomic E-state index is 10.7. The number of aliphatic hydroxyl groups is 1. The number of ether oxygens (including phenoxy) is 1. The zero-order chi connectivity index (χ0) is 12.8. The minimum Gasteiger partial charge on any atom is -0.390 e. The minimum absolute atomic E-state index is 0.0904. The molecule has 0 spiro atoms. The van der Waals surface area contributed by atoms with Crippen LogP contribution in [0.25, 0.3) is 0 Å². The van der Waals surface area contributed by atoms with Gasteiger partial charge in [0.2, 0.25) is 0 Å². The van der Waals surface area contributed by atoms with Crippen molar-refractivity contribution in [2.45, 2.75) is 89.8 Å². The molecule has 0 aromatic carbocycles. The third-order valence-corrected chi connectivity index (χ3v) is 4.01. The first kappa shape index (κ1) is 15.0. The lowest BCUT2D eigenvalue weighted by atomic mass is 9.81. The van der Waals surface area contributed by atoms with E-state index < -0.39 is 5.60 Å². The Morgan fingerprint density at radius 1 is 1.06 bits per heavy atom. The summed E-state index contributed by atoms with van der Waals surface area (Å²) < 4.78 is 5.71. The lowest BCUT2D eigenvalue weighted by Crippen LogP contribution is -2.34. The van der Waals surface area contributed by atoms with Gasteiger partial charge >= 0.3 is 0 Å². The van der Waals surface area contributed by atoms with Crippen molar-refractivity contribution < 1.29 is 9.84 Å². The van der Waals surface area contributed by atoms with Crippen molar-refractivity contribution in [1.82, 2.24) is 0 Å². The molecule has 1 N–H and O–H groups in total. The summed E-state index contributed by atoms with van der Waals surface area (Å²) >= 11 is 0. The predicted octanol–water partition coefficient (Wildman–Crippen LogP) is 4.06. The number of hydrogen-bond acceptors (Lipinski definition) is 2. The Labute approximate surface area is 107 Å². The lowest BCUT2D eigenvalue weighted by Gasteiger charge is -2.34. The second-order valence-corrected chi connectivity index (χ2v) is 6.18. The van der Waals surface area contributed by atoms with E-state index in [-0.39, 0.29) is 5.60 Å². The summed E-state index contributed by atoms with van der Waals surface area (Å²) in [6, 6.07) is 0. The Morgan fingerprint density at radius 2 is 1.59 bits per heavy atom. The van der Waals surface area contributed by atoms with Crippen LogP contribution in [0.3, 0.4) is 0 Å². The van der Waals surface area contributed by atoms with Gasteiger partial charge in [-0.05, 0) is 46.5 Å². The summed E-state index contributed by atoms with van der Waals surface area (Å²) in [7, 11) is 0. The molecule has 0 heterocycles. The SMILES string of the molecule is CCOC(C)(C)CCC1(O)CCCCCCC1. The monoisotopic (exact) mass is 242 g/mol. The highest BCUT2D eigenvalue weighted by Crippen LogP contribution is 2.32. The van der Waals surface area contributed by atoms with Crippen LogP contribution in [0.5, 0.6) is 0 Å². The third-order valence-electron chi connectivity index (χ3n) is 4.01. The van der Waals surface area contributed by atoms with Crippen molar-refractivity contribution in [2.24, 2.45) is 0 Å². The Morgan fingerprint density at radius 3 is 2.12 bits per heavy atom. The smallest absolute Gasteiger partial charge is 0.0648 e. The summed E-state index contributed by atoms with van der Waals surface area (Å²) in [6.07, 6.45) is 10.1. The molecule has 0 radical (unpaired) electrons. The van der Waals surface area contributed by atoms with Gasteiger partial charge in [0, 0.05) is 6.61 Å². The van der Waals surface area contributed by atoms with E-state index in [0.717, 1.165) is 32.3 Å². The zero-order valence-corrected chi connectivity index (χ0v) is 11.9. The molecule has 1 saturated carbocycles. The van der Waals surface area contributed by atoms with Gasteiger partial charge in [-0.1, -0.05) is 32.1 Å². The predicted molar refractivity (Wildman–Crippen MR) is 72.2 cm³/mol. The average Bonchev–Trinajstić information content (AvgIpc) is 2.22. The maximum Gasteiger partial charge on any atom is 0.0648 e. The molecule has 17 heavy (non-hydrogen) atoms. The van der Waals surface area contributed by atoms with Crippen molar-refractivity contribution in [3.8, 4) is 0 Å². The molecule has 0 aromatic heterocycles. The third kappa shape index (κ3) is 5.87. The molecule has 2 nitrogen and oxygen atoms in total.